The second kappa shape index (κ2) is 7.87. The van der Waals surface area contributed by atoms with Crippen LogP contribution >= 0.6 is 11.3 Å². The van der Waals surface area contributed by atoms with Crippen molar-refractivity contribution in [3.63, 3.8) is 0 Å². The van der Waals surface area contributed by atoms with Crippen LogP contribution in [0.5, 0.6) is 5.75 Å². The van der Waals surface area contributed by atoms with Crippen molar-refractivity contribution in [1.82, 2.24) is 4.57 Å². The Kier molecular flexibility index (Phi) is 5.57. The summed E-state index contributed by atoms with van der Waals surface area (Å²) in [6.45, 7) is 6.95. The zero-order valence-electron chi connectivity index (χ0n) is 15.7. The second-order valence-electron chi connectivity index (χ2n) is 6.58. The number of carbonyl (C=O) groups is 1. The number of ether oxygens (including phenoxy) is 1. The van der Waals surface area contributed by atoms with Gasteiger partial charge in [-0.3, -0.25) is 4.79 Å². The molecule has 1 heterocycles. The van der Waals surface area contributed by atoms with E-state index in [0.29, 0.717) is 12.5 Å². The molecule has 2 aromatic carbocycles. The van der Waals surface area contributed by atoms with Gasteiger partial charge in [-0.2, -0.15) is 4.99 Å². The van der Waals surface area contributed by atoms with Gasteiger partial charge in [0.15, 0.2) is 4.80 Å². The molecular weight excluding hydrogens is 344 g/mol. The van der Waals surface area contributed by atoms with Crippen LogP contribution in [0.1, 0.15) is 37.8 Å². The fourth-order valence-corrected chi connectivity index (χ4v) is 3.89. The SMILES string of the molecule is CCOc1ccc(CC(=O)N=c2sc3cc(C(C)C)ccc3n2C)cc1. The van der Waals surface area contributed by atoms with Crippen LogP contribution in [0.4, 0.5) is 0 Å². The first-order valence-electron chi connectivity index (χ1n) is 8.86. The van der Waals surface area contributed by atoms with Crippen molar-refractivity contribution in [3.8, 4) is 5.75 Å². The van der Waals surface area contributed by atoms with Crippen LogP contribution in [0.2, 0.25) is 0 Å². The summed E-state index contributed by atoms with van der Waals surface area (Å²) in [5, 5.41) is 0. The predicted molar refractivity (Wildman–Crippen MR) is 107 cm³/mol. The molecule has 1 aromatic heterocycles. The number of hydrogen-bond donors (Lipinski definition) is 0. The Hall–Kier alpha value is -2.40. The molecule has 0 radical (unpaired) electrons. The van der Waals surface area contributed by atoms with E-state index in [1.807, 2.05) is 42.8 Å². The molecule has 0 fully saturated rings. The Morgan fingerprint density at radius 1 is 1.19 bits per heavy atom. The lowest BCUT2D eigenvalue weighted by atomic mass is 10.0. The number of rotatable bonds is 5. The number of carbonyl (C=O) groups excluding carboxylic acids is 1. The Labute approximate surface area is 157 Å². The van der Waals surface area contributed by atoms with Gasteiger partial charge in [-0.1, -0.05) is 43.4 Å². The molecule has 0 unspecified atom stereocenters. The number of nitrogens with zero attached hydrogens (tertiary/aromatic N) is 2. The zero-order valence-corrected chi connectivity index (χ0v) is 16.5. The second-order valence-corrected chi connectivity index (χ2v) is 7.59. The molecule has 0 spiro atoms. The summed E-state index contributed by atoms with van der Waals surface area (Å²) in [5.74, 6) is 1.16. The van der Waals surface area contributed by atoms with E-state index in [9.17, 15) is 4.79 Å². The van der Waals surface area contributed by atoms with Crippen LogP contribution in [-0.2, 0) is 18.3 Å². The Bertz CT molecular complexity index is 981. The first kappa shape index (κ1) is 18.4. The van der Waals surface area contributed by atoms with Gasteiger partial charge >= 0.3 is 0 Å². The van der Waals surface area contributed by atoms with Crippen molar-refractivity contribution in [2.45, 2.75) is 33.1 Å². The molecule has 3 rings (SSSR count). The maximum atomic E-state index is 12.4. The van der Waals surface area contributed by atoms with Crippen molar-refractivity contribution >= 4 is 27.5 Å². The topological polar surface area (TPSA) is 43.6 Å². The minimum atomic E-state index is -0.139. The van der Waals surface area contributed by atoms with Crippen LogP contribution in [0.3, 0.4) is 0 Å². The molecule has 0 N–H and O–H groups in total. The number of hydrogen-bond acceptors (Lipinski definition) is 3. The van der Waals surface area contributed by atoms with Crippen molar-refractivity contribution in [2.24, 2.45) is 12.0 Å². The molecule has 0 aliphatic carbocycles. The fourth-order valence-electron chi connectivity index (χ4n) is 2.81. The summed E-state index contributed by atoms with van der Waals surface area (Å²) < 4.78 is 8.57. The van der Waals surface area contributed by atoms with E-state index in [0.717, 1.165) is 26.3 Å². The Morgan fingerprint density at radius 2 is 1.92 bits per heavy atom. The molecule has 0 bridgehead atoms. The van der Waals surface area contributed by atoms with Crippen LogP contribution < -0.4 is 9.54 Å². The lowest BCUT2D eigenvalue weighted by Gasteiger charge is -2.04. The van der Waals surface area contributed by atoms with E-state index < -0.39 is 0 Å². The number of aromatic nitrogens is 1. The molecule has 0 aliphatic rings. The van der Waals surface area contributed by atoms with E-state index in [1.54, 1.807) is 11.3 Å². The molecule has 3 aromatic rings. The van der Waals surface area contributed by atoms with Gasteiger partial charge in [0.05, 0.1) is 23.2 Å². The van der Waals surface area contributed by atoms with Crippen molar-refractivity contribution in [1.29, 1.82) is 0 Å². The van der Waals surface area contributed by atoms with E-state index in [4.69, 9.17) is 4.74 Å². The van der Waals surface area contributed by atoms with Gasteiger partial charge in [0.1, 0.15) is 5.75 Å². The van der Waals surface area contributed by atoms with Gasteiger partial charge in [-0.25, -0.2) is 0 Å². The highest BCUT2D eigenvalue weighted by Gasteiger charge is 2.08. The molecule has 0 saturated heterocycles. The molecule has 136 valence electrons. The summed E-state index contributed by atoms with van der Waals surface area (Å²) in [5.41, 5.74) is 3.34. The molecule has 4 nitrogen and oxygen atoms in total. The average Bonchev–Trinajstić information content (AvgIpc) is 2.92. The summed E-state index contributed by atoms with van der Waals surface area (Å²) in [6.07, 6.45) is 0.290. The summed E-state index contributed by atoms with van der Waals surface area (Å²) in [6, 6.07) is 14.1. The monoisotopic (exact) mass is 368 g/mol. The van der Waals surface area contributed by atoms with Crippen LogP contribution in [0.25, 0.3) is 10.2 Å². The van der Waals surface area contributed by atoms with Crippen molar-refractivity contribution in [3.05, 3.63) is 58.4 Å². The van der Waals surface area contributed by atoms with Gasteiger partial charge in [0, 0.05) is 7.05 Å². The molecule has 26 heavy (non-hydrogen) atoms. The summed E-state index contributed by atoms with van der Waals surface area (Å²) >= 11 is 1.56. The van der Waals surface area contributed by atoms with Crippen LogP contribution in [0.15, 0.2) is 47.5 Å². The molecule has 0 saturated carbocycles. The highest BCUT2D eigenvalue weighted by atomic mass is 32.1. The first-order valence-corrected chi connectivity index (χ1v) is 9.68. The summed E-state index contributed by atoms with van der Waals surface area (Å²) in [4.78, 5) is 17.5. The van der Waals surface area contributed by atoms with Gasteiger partial charge in [0.25, 0.3) is 5.91 Å². The van der Waals surface area contributed by atoms with Gasteiger partial charge in [-0.05, 0) is 48.2 Å². The minimum absolute atomic E-state index is 0.139. The van der Waals surface area contributed by atoms with Gasteiger partial charge in [-0.15, -0.1) is 0 Å². The van der Waals surface area contributed by atoms with Gasteiger partial charge < -0.3 is 9.30 Å². The highest BCUT2D eigenvalue weighted by molar-refractivity contribution is 7.16. The van der Waals surface area contributed by atoms with Crippen LogP contribution in [-0.4, -0.2) is 17.1 Å². The number of thiazole rings is 1. The maximum absolute atomic E-state index is 12.4. The van der Waals surface area contributed by atoms with E-state index >= 15 is 0 Å². The lowest BCUT2D eigenvalue weighted by Crippen LogP contribution is -2.14. The van der Waals surface area contributed by atoms with Crippen molar-refractivity contribution < 1.29 is 9.53 Å². The number of fused-ring (bicyclic) bond motifs is 1. The van der Waals surface area contributed by atoms with E-state index in [1.165, 1.54) is 5.56 Å². The van der Waals surface area contributed by atoms with E-state index in [2.05, 4.69) is 37.0 Å². The quantitative estimate of drug-likeness (QED) is 0.668. The molecular formula is C21H24N2O2S. The Balaban J connectivity index is 1.84. The third kappa shape index (κ3) is 4.05. The highest BCUT2D eigenvalue weighted by Crippen LogP contribution is 2.23. The standard InChI is InChI=1S/C21H24N2O2S/c1-5-25-17-9-6-15(7-10-17)12-20(24)22-21-23(4)18-11-8-16(14(2)3)13-19(18)26-21/h6-11,13-14H,5,12H2,1-4H3. The predicted octanol–water partition coefficient (Wildman–Crippen LogP) is 4.43. The third-order valence-corrected chi connectivity index (χ3v) is 5.40. The zero-order chi connectivity index (χ0) is 18.7. The molecule has 1 amide bonds. The molecule has 0 atom stereocenters. The lowest BCUT2D eigenvalue weighted by molar-refractivity contribution is -0.117. The molecule has 0 aliphatic heterocycles. The summed E-state index contributed by atoms with van der Waals surface area (Å²) in [7, 11) is 1.96. The Morgan fingerprint density at radius 3 is 2.58 bits per heavy atom. The smallest absolute Gasteiger partial charge is 0.252 e. The van der Waals surface area contributed by atoms with Gasteiger partial charge in [0.2, 0.25) is 0 Å². The number of amides is 1. The number of benzene rings is 2. The largest absolute Gasteiger partial charge is 0.494 e. The minimum Gasteiger partial charge on any atom is -0.494 e. The van der Waals surface area contributed by atoms with Crippen LogP contribution in [0, 0.1) is 0 Å². The third-order valence-electron chi connectivity index (χ3n) is 4.31. The number of aryl methyl sites for hydroxylation is 1. The molecule has 5 heteroatoms. The normalized spacial score (nSPS) is 12.1. The fraction of sp³-hybridized carbons (Fsp3) is 0.333. The van der Waals surface area contributed by atoms with Crippen molar-refractivity contribution in [2.75, 3.05) is 6.61 Å². The maximum Gasteiger partial charge on any atom is 0.252 e. The average molecular weight is 369 g/mol. The van der Waals surface area contributed by atoms with E-state index in [-0.39, 0.29) is 12.3 Å². The first-order chi connectivity index (χ1) is 12.5.